The number of hydrogen-bond acceptors (Lipinski definition) is 7. The van der Waals surface area contributed by atoms with Crippen molar-refractivity contribution in [3.8, 4) is 0 Å². The molecule has 2 unspecified atom stereocenters. The number of para-hydroxylation sites is 1. The van der Waals surface area contributed by atoms with Crippen molar-refractivity contribution in [1.29, 1.82) is 0 Å². The van der Waals surface area contributed by atoms with Gasteiger partial charge in [-0.3, -0.25) is 14.5 Å². The van der Waals surface area contributed by atoms with Gasteiger partial charge in [-0.1, -0.05) is 42.5 Å². The first-order valence-electron chi connectivity index (χ1n) is 9.86. The molecule has 0 radical (unpaired) electrons. The second-order valence-corrected chi connectivity index (χ2v) is 6.61. The minimum absolute atomic E-state index is 0.304. The largest absolute Gasteiger partial charge is 0.441 e. The normalized spacial score (nSPS) is 12.6. The van der Waals surface area contributed by atoms with Crippen LogP contribution in [-0.2, 0) is 19.1 Å². The van der Waals surface area contributed by atoms with E-state index in [0.29, 0.717) is 29.9 Å². The molecule has 0 aliphatic rings. The number of rotatable bonds is 11. The quantitative estimate of drug-likeness (QED) is 0.197. The van der Waals surface area contributed by atoms with E-state index in [0.717, 1.165) is 0 Å². The van der Waals surface area contributed by atoms with Gasteiger partial charge in [0.1, 0.15) is 5.69 Å². The molecular formula is C24H27N3O4. The molecule has 0 aromatic heterocycles. The second-order valence-electron chi connectivity index (χ2n) is 6.61. The number of carbonyl (C=O) groups excluding carboxylic acids is 2. The topological polar surface area (TPSA) is 80.6 Å². The summed E-state index contributed by atoms with van der Waals surface area (Å²) in [4.78, 5) is 25.3. The molecule has 7 nitrogen and oxygen atoms in total. The van der Waals surface area contributed by atoms with Gasteiger partial charge in [0.25, 0.3) is 0 Å². The van der Waals surface area contributed by atoms with Gasteiger partial charge in [-0.15, -0.1) is 18.3 Å². The second kappa shape index (κ2) is 12.1. The Morgan fingerprint density at radius 1 is 0.871 bits per heavy atom. The summed E-state index contributed by atoms with van der Waals surface area (Å²) in [5.74, 6) is -0.944. The van der Waals surface area contributed by atoms with Crippen molar-refractivity contribution >= 4 is 29.0 Å². The third kappa shape index (κ3) is 7.22. The molecule has 0 N–H and O–H groups in total. The van der Waals surface area contributed by atoms with Crippen molar-refractivity contribution < 1.29 is 19.1 Å². The van der Waals surface area contributed by atoms with E-state index in [2.05, 4.69) is 23.4 Å². The maximum absolute atomic E-state index is 11.8. The first kappa shape index (κ1) is 23.5. The Bertz CT molecular complexity index is 897. The summed E-state index contributed by atoms with van der Waals surface area (Å²) in [5.41, 5.74) is 1.80. The minimum atomic E-state index is -0.771. The van der Waals surface area contributed by atoms with E-state index in [-0.39, 0.29) is 0 Å². The Labute approximate surface area is 182 Å². The van der Waals surface area contributed by atoms with E-state index in [9.17, 15) is 9.59 Å². The number of benzene rings is 2. The molecule has 0 amide bonds. The van der Waals surface area contributed by atoms with Crippen molar-refractivity contribution in [2.24, 2.45) is 10.2 Å². The third-order valence-corrected chi connectivity index (χ3v) is 4.15. The summed E-state index contributed by atoms with van der Waals surface area (Å²) >= 11 is 0. The molecule has 0 aliphatic carbocycles. The number of anilines is 1. The number of esters is 2. The molecule has 0 bridgehead atoms. The third-order valence-electron chi connectivity index (χ3n) is 4.15. The molecule has 162 valence electrons. The van der Waals surface area contributed by atoms with Gasteiger partial charge in [-0.2, -0.15) is 5.11 Å². The zero-order valence-electron chi connectivity index (χ0n) is 17.8. The lowest BCUT2D eigenvalue weighted by Gasteiger charge is -2.38. The average Bonchev–Trinajstić information content (AvgIpc) is 2.73. The molecule has 0 heterocycles. The van der Waals surface area contributed by atoms with Gasteiger partial charge in [0.05, 0.1) is 11.4 Å². The number of carbonyl (C=O) groups is 2. The van der Waals surface area contributed by atoms with E-state index >= 15 is 0 Å². The van der Waals surface area contributed by atoms with Crippen LogP contribution in [0.5, 0.6) is 0 Å². The van der Waals surface area contributed by atoms with Crippen LogP contribution in [0.1, 0.15) is 26.7 Å². The molecule has 0 spiro atoms. The standard InChI is InChI=1S/C24H27N3O4/c1-5-12-23(30-18(3)28)27(24(13-6-2)31-19(4)29)22-17-11-10-16-21(22)26-25-20-14-8-7-9-15-20/h5-11,14-17,23-24H,1-2,12-13H2,3-4H3. The van der Waals surface area contributed by atoms with Crippen molar-refractivity contribution in [3.63, 3.8) is 0 Å². The van der Waals surface area contributed by atoms with Crippen LogP contribution in [0.3, 0.4) is 0 Å². The van der Waals surface area contributed by atoms with E-state index < -0.39 is 24.4 Å². The summed E-state index contributed by atoms with van der Waals surface area (Å²) in [7, 11) is 0. The molecular weight excluding hydrogens is 394 g/mol. The van der Waals surface area contributed by atoms with Crippen molar-refractivity contribution in [1.82, 2.24) is 0 Å². The van der Waals surface area contributed by atoms with Crippen LogP contribution >= 0.6 is 0 Å². The van der Waals surface area contributed by atoms with Gasteiger partial charge < -0.3 is 9.47 Å². The monoisotopic (exact) mass is 421 g/mol. The summed E-state index contributed by atoms with van der Waals surface area (Å²) in [6, 6.07) is 16.5. The van der Waals surface area contributed by atoms with Gasteiger partial charge in [0, 0.05) is 26.7 Å². The molecule has 2 aromatic carbocycles. The lowest BCUT2D eigenvalue weighted by Crippen LogP contribution is -2.47. The van der Waals surface area contributed by atoms with Crippen LogP contribution in [0.25, 0.3) is 0 Å². The van der Waals surface area contributed by atoms with Crippen molar-refractivity contribution in [2.45, 2.75) is 39.1 Å². The highest BCUT2D eigenvalue weighted by Crippen LogP contribution is 2.35. The molecule has 7 heteroatoms. The van der Waals surface area contributed by atoms with Gasteiger partial charge in [-0.05, 0) is 24.3 Å². The summed E-state index contributed by atoms with van der Waals surface area (Å²) < 4.78 is 11.1. The first-order valence-corrected chi connectivity index (χ1v) is 9.86. The fourth-order valence-corrected chi connectivity index (χ4v) is 2.97. The van der Waals surface area contributed by atoms with E-state index in [4.69, 9.17) is 9.47 Å². The van der Waals surface area contributed by atoms with Crippen LogP contribution in [0.4, 0.5) is 17.1 Å². The van der Waals surface area contributed by atoms with Crippen LogP contribution in [0.2, 0.25) is 0 Å². The van der Waals surface area contributed by atoms with Crippen LogP contribution in [-0.4, -0.2) is 24.4 Å². The Morgan fingerprint density at radius 2 is 1.39 bits per heavy atom. The number of nitrogens with zero attached hydrogens (tertiary/aromatic N) is 3. The predicted molar refractivity (Wildman–Crippen MR) is 120 cm³/mol. The number of ether oxygens (including phenoxy) is 2. The number of hydrogen-bond donors (Lipinski definition) is 0. The fraction of sp³-hybridized carbons (Fsp3) is 0.250. The van der Waals surface area contributed by atoms with E-state index in [1.54, 1.807) is 29.2 Å². The molecule has 31 heavy (non-hydrogen) atoms. The minimum Gasteiger partial charge on any atom is -0.441 e. The van der Waals surface area contributed by atoms with E-state index in [1.165, 1.54) is 13.8 Å². The molecule has 0 fully saturated rings. The lowest BCUT2D eigenvalue weighted by atomic mass is 10.2. The summed E-state index contributed by atoms with van der Waals surface area (Å²) in [6.45, 7) is 10.2. The maximum atomic E-state index is 11.8. The van der Waals surface area contributed by atoms with Gasteiger partial charge in [0.15, 0.2) is 12.5 Å². The zero-order chi connectivity index (χ0) is 22.6. The van der Waals surface area contributed by atoms with Crippen molar-refractivity contribution in [3.05, 3.63) is 79.9 Å². The van der Waals surface area contributed by atoms with Crippen LogP contribution in [0.15, 0.2) is 90.1 Å². The maximum Gasteiger partial charge on any atom is 0.304 e. The molecule has 2 rings (SSSR count). The molecule has 2 atom stereocenters. The summed E-state index contributed by atoms with van der Waals surface area (Å²) in [5, 5.41) is 8.69. The lowest BCUT2D eigenvalue weighted by molar-refractivity contribution is -0.151. The van der Waals surface area contributed by atoms with E-state index in [1.807, 2.05) is 42.5 Å². The van der Waals surface area contributed by atoms with Crippen molar-refractivity contribution in [2.75, 3.05) is 4.90 Å². The number of azo groups is 1. The van der Waals surface area contributed by atoms with Crippen LogP contribution in [0, 0.1) is 0 Å². The summed E-state index contributed by atoms with van der Waals surface area (Å²) in [6.07, 6.45) is 2.33. The predicted octanol–water partition coefficient (Wildman–Crippen LogP) is 5.84. The molecule has 0 aliphatic heterocycles. The fourth-order valence-electron chi connectivity index (χ4n) is 2.97. The Balaban J connectivity index is 2.57. The Kier molecular flexibility index (Phi) is 9.16. The Hall–Kier alpha value is -3.74. The molecule has 0 saturated heterocycles. The molecule has 0 saturated carbocycles. The highest BCUT2D eigenvalue weighted by molar-refractivity contribution is 5.71. The van der Waals surface area contributed by atoms with Gasteiger partial charge in [0.2, 0.25) is 0 Å². The zero-order valence-corrected chi connectivity index (χ0v) is 17.8. The highest BCUT2D eigenvalue weighted by Gasteiger charge is 2.31. The smallest absolute Gasteiger partial charge is 0.304 e. The van der Waals surface area contributed by atoms with Gasteiger partial charge >= 0.3 is 11.9 Å². The molecule has 2 aromatic rings. The first-order chi connectivity index (χ1) is 15.0. The average molecular weight is 421 g/mol. The SMILES string of the molecule is C=CCC(OC(C)=O)N(c1ccccc1N=Nc1ccccc1)C(CC=C)OC(C)=O. The van der Waals surface area contributed by atoms with Gasteiger partial charge in [-0.25, -0.2) is 0 Å². The van der Waals surface area contributed by atoms with Crippen LogP contribution < -0.4 is 4.90 Å². The highest BCUT2D eigenvalue weighted by atomic mass is 16.6. The Morgan fingerprint density at radius 3 is 1.90 bits per heavy atom.